The Kier molecular flexibility index (Phi) is 4.74. The Morgan fingerprint density at radius 1 is 1.12 bits per heavy atom. The average molecular weight is 335 g/mol. The molecule has 1 atom stereocenters. The summed E-state index contributed by atoms with van der Waals surface area (Å²) in [5.74, 6) is 0.105. The zero-order valence-electron chi connectivity index (χ0n) is 14.4. The van der Waals surface area contributed by atoms with E-state index in [1.807, 2.05) is 61.2 Å². The van der Waals surface area contributed by atoms with Crippen LogP contribution in [0.4, 0.5) is 5.69 Å². The van der Waals surface area contributed by atoms with Crippen molar-refractivity contribution in [3.63, 3.8) is 0 Å². The van der Waals surface area contributed by atoms with Crippen LogP contribution in [0.5, 0.6) is 0 Å². The summed E-state index contributed by atoms with van der Waals surface area (Å²) in [6, 6.07) is 17.1. The molecule has 6 nitrogen and oxygen atoms in total. The van der Waals surface area contributed by atoms with Crippen LogP contribution in [-0.2, 0) is 17.8 Å². The SMILES string of the molecule is CC1(C)N[C@@H](Cc2ccc(N=[N+]=[N-])cc2)C(=O)N1Cc1ccccc1. The van der Waals surface area contributed by atoms with Crippen LogP contribution in [0.2, 0.25) is 0 Å². The zero-order valence-corrected chi connectivity index (χ0v) is 14.4. The van der Waals surface area contributed by atoms with Crippen molar-refractivity contribution in [2.45, 2.75) is 38.5 Å². The first-order valence-electron chi connectivity index (χ1n) is 8.27. The van der Waals surface area contributed by atoms with Gasteiger partial charge in [0.15, 0.2) is 0 Å². The van der Waals surface area contributed by atoms with Crippen LogP contribution >= 0.6 is 0 Å². The summed E-state index contributed by atoms with van der Waals surface area (Å²) in [7, 11) is 0. The Bertz CT molecular complexity index is 794. The molecule has 1 aliphatic heterocycles. The smallest absolute Gasteiger partial charge is 0.241 e. The van der Waals surface area contributed by atoms with Gasteiger partial charge in [-0.1, -0.05) is 59.7 Å². The highest BCUT2D eigenvalue weighted by Crippen LogP contribution is 2.26. The molecule has 1 heterocycles. The highest BCUT2D eigenvalue weighted by Gasteiger charge is 2.43. The highest BCUT2D eigenvalue weighted by molar-refractivity contribution is 5.85. The molecule has 0 saturated carbocycles. The first-order chi connectivity index (χ1) is 12.0. The maximum absolute atomic E-state index is 12.9. The molecule has 2 aromatic rings. The maximum Gasteiger partial charge on any atom is 0.241 e. The molecule has 0 bridgehead atoms. The van der Waals surface area contributed by atoms with Gasteiger partial charge in [0.2, 0.25) is 5.91 Å². The minimum atomic E-state index is -0.400. The van der Waals surface area contributed by atoms with Gasteiger partial charge in [-0.2, -0.15) is 0 Å². The van der Waals surface area contributed by atoms with Gasteiger partial charge in [-0.25, -0.2) is 0 Å². The van der Waals surface area contributed by atoms with Crippen LogP contribution in [-0.4, -0.2) is 22.5 Å². The van der Waals surface area contributed by atoms with Gasteiger partial charge in [0, 0.05) is 17.1 Å². The lowest BCUT2D eigenvalue weighted by Gasteiger charge is -2.31. The fourth-order valence-electron chi connectivity index (χ4n) is 3.20. The zero-order chi connectivity index (χ0) is 17.9. The van der Waals surface area contributed by atoms with Gasteiger partial charge in [0.05, 0.1) is 11.7 Å². The molecule has 0 aromatic heterocycles. The number of hydrogen-bond donors (Lipinski definition) is 1. The number of nitrogens with one attached hydrogen (secondary N) is 1. The monoisotopic (exact) mass is 335 g/mol. The molecule has 0 unspecified atom stereocenters. The van der Waals surface area contributed by atoms with Crippen molar-refractivity contribution in [2.75, 3.05) is 0 Å². The molecule has 3 rings (SSSR count). The third kappa shape index (κ3) is 3.82. The van der Waals surface area contributed by atoms with Gasteiger partial charge >= 0.3 is 0 Å². The fourth-order valence-corrected chi connectivity index (χ4v) is 3.20. The number of rotatable bonds is 5. The molecule has 1 saturated heterocycles. The minimum Gasteiger partial charge on any atom is -0.319 e. The van der Waals surface area contributed by atoms with Crippen LogP contribution in [0.3, 0.4) is 0 Å². The number of benzene rings is 2. The lowest BCUT2D eigenvalue weighted by Crippen LogP contribution is -2.46. The lowest BCUT2D eigenvalue weighted by atomic mass is 10.1. The maximum atomic E-state index is 12.9. The predicted molar refractivity (Wildman–Crippen MR) is 96.9 cm³/mol. The number of carbonyl (C=O) groups excluding carboxylic acids is 1. The van der Waals surface area contributed by atoms with Crippen molar-refractivity contribution >= 4 is 11.6 Å². The first kappa shape index (κ1) is 17.0. The van der Waals surface area contributed by atoms with Crippen molar-refractivity contribution in [1.29, 1.82) is 0 Å². The second-order valence-electron chi connectivity index (χ2n) is 6.73. The van der Waals surface area contributed by atoms with Crippen molar-refractivity contribution in [3.8, 4) is 0 Å². The summed E-state index contributed by atoms with van der Waals surface area (Å²) in [5, 5.41) is 7.00. The van der Waals surface area contributed by atoms with Gasteiger partial charge in [0.1, 0.15) is 0 Å². The van der Waals surface area contributed by atoms with E-state index in [1.54, 1.807) is 12.1 Å². The van der Waals surface area contributed by atoms with E-state index in [9.17, 15) is 4.79 Å². The molecule has 1 N–H and O–H groups in total. The molecule has 0 radical (unpaired) electrons. The summed E-state index contributed by atoms with van der Waals surface area (Å²) >= 11 is 0. The van der Waals surface area contributed by atoms with Crippen LogP contribution in [0.15, 0.2) is 59.7 Å². The molecule has 25 heavy (non-hydrogen) atoms. The number of nitrogens with zero attached hydrogens (tertiary/aromatic N) is 4. The second kappa shape index (κ2) is 6.97. The Balaban J connectivity index is 1.73. The second-order valence-corrected chi connectivity index (χ2v) is 6.73. The summed E-state index contributed by atoms with van der Waals surface area (Å²) in [6.45, 7) is 4.64. The van der Waals surface area contributed by atoms with Gasteiger partial charge in [-0.3, -0.25) is 10.1 Å². The first-order valence-corrected chi connectivity index (χ1v) is 8.27. The summed E-state index contributed by atoms with van der Waals surface area (Å²) in [4.78, 5) is 17.6. The predicted octanol–water partition coefficient (Wildman–Crippen LogP) is 3.91. The topological polar surface area (TPSA) is 81.1 Å². The van der Waals surface area contributed by atoms with Gasteiger partial charge in [0.25, 0.3) is 0 Å². The van der Waals surface area contributed by atoms with E-state index >= 15 is 0 Å². The minimum absolute atomic E-state index is 0.105. The largest absolute Gasteiger partial charge is 0.319 e. The summed E-state index contributed by atoms with van der Waals surface area (Å²) < 4.78 is 0. The molecule has 128 valence electrons. The molecule has 1 amide bonds. The van der Waals surface area contributed by atoms with E-state index in [0.29, 0.717) is 18.7 Å². The molecular weight excluding hydrogens is 314 g/mol. The molecule has 2 aromatic carbocycles. The Morgan fingerprint density at radius 2 is 1.80 bits per heavy atom. The Morgan fingerprint density at radius 3 is 2.44 bits per heavy atom. The van der Waals surface area contributed by atoms with E-state index in [1.165, 1.54) is 0 Å². The van der Waals surface area contributed by atoms with E-state index < -0.39 is 5.66 Å². The average Bonchev–Trinajstić information content (AvgIpc) is 2.81. The van der Waals surface area contributed by atoms with Gasteiger partial charge < -0.3 is 4.90 Å². The third-order valence-electron chi connectivity index (χ3n) is 4.49. The molecule has 0 spiro atoms. The molecule has 1 fully saturated rings. The third-order valence-corrected chi connectivity index (χ3v) is 4.49. The van der Waals surface area contributed by atoms with Crippen molar-refractivity contribution < 1.29 is 4.79 Å². The quantitative estimate of drug-likeness (QED) is 0.510. The van der Waals surface area contributed by atoms with Crippen molar-refractivity contribution in [1.82, 2.24) is 10.2 Å². The molecule has 6 heteroatoms. The molecule has 0 aliphatic carbocycles. The summed E-state index contributed by atoms with van der Waals surface area (Å²) in [6.07, 6.45) is 0.601. The van der Waals surface area contributed by atoms with Gasteiger partial charge in [-0.05, 0) is 36.9 Å². The Hall–Kier alpha value is -2.82. The van der Waals surface area contributed by atoms with Crippen molar-refractivity contribution in [2.24, 2.45) is 5.11 Å². The normalized spacial score (nSPS) is 18.9. The summed E-state index contributed by atoms with van der Waals surface area (Å²) in [5.41, 5.74) is 10.8. The van der Waals surface area contributed by atoms with Crippen LogP contribution in [0.1, 0.15) is 25.0 Å². The van der Waals surface area contributed by atoms with Crippen LogP contribution in [0.25, 0.3) is 10.4 Å². The van der Waals surface area contributed by atoms with E-state index in [-0.39, 0.29) is 11.9 Å². The van der Waals surface area contributed by atoms with Crippen LogP contribution in [0, 0.1) is 0 Å². The molecular formula is C19H21N5O. The standard InChI is InChI=1S/C19H21N5O/c1-19(2)21-17(12-14-8-10-16(11-9-14)22-23-20)18(25)24(19)13-15-6-4-3-5-7-15/h3-11,17,21H,12-13H2,1-2H3/t17-/m0/s1. The Labute approximate surface area is 147 Å². The fraction of sp³-hybridized carbons (Fsp3) is 0.316. The van der Waals surface area contributed by atoms with E-state index in [4.69, 9.17) is 5.53 Å². The molecule has 1 aliphatic rings. The number of azide groups is 1. The van der Waals surface area contributed by atoms with Crippen molar-refractivity contribution in [3.05, 3.63) is 76.2 Å². The van der Waals surface area contributed by atoms with E-state index in [2.05, 4.69) is 15.3 Å². The number of carbonyl (C=O) groups is 1. The number of hydrogen-bond acceptors (Lipinski definition) is 3. The lowest BCUT2D eigenvalue weighted by molar-refractivity contribution is -0.132. The highest BCUT2D eigenvalue weighted by atomic mass is 16.2. The van der Waals surface area contributed by atoms with Gasteiger partial charge in [-0.15, -0.1) is 0 Å². The van der Waals surface area contributed by atoms with E-state index in [0.717, 1.165) is 11.1 Å². The number of amides is 1. The van der Waals surface area contributed by atoms with Crippen LogP contribution < -0.4 is 5.32 Å².